The van der Waals surface area contributed by atoms with E-state index in [1.54, 1.807) is 6.07 Å². The number of benzene rings is 4. The third-order valence-electron chi connectivity index (χ3n) is 12.2. The Kier molecular flexibility index (Phi) is 10.9. The molecule has 0 spiro atoms. The van der Waals surface area contributed by atoms with Gasteiger partial charge in [0.05, 0.1) is 5.41 Å². The van der Waals surface area contributed by atoms with E-state index in [2.05, 4.69) is 29.7 Å². The van der Waals surface area contributed by atoms with Crippen LogP contribution >= 0.6 is 69.6 Å². The van der Waals surface area contributed by atoms with E-state index in [9.17, 15) is 9.59 Å². The molecule has 4 N–H and O–H groups in total. The van der Waals surface area contributed by atoms with Crippen LogP contribution in [0.4, 0.5) is 0 Å². The lowest BCUT2D eigenvalue weighted by Crippen LogP contribution is -2.56. The fourth-order valence-electron chi connectivity index (χ4n) is 9.46. The first-order valence-corrected chi connectivity index (χ1v) is 19.8. The maximum Gasteiger partial charge on any atom is 0.240 e. The number of halogens is 6. The Bertz CT molecular complexity index is 1850. The van der Waals surface area contributed by atoms with Crippen LogP contribution in [-0.4, -0.2) is 30.4 Å². The van der Waals surface area contributed by atoms with Crippen LogP contribution in [0.25, 0.3) is 0 Å². The van der Waals surface area contributed by atoms with Crippen LogP contribution in [0, 0.1) is 17.3 Å². The molecule has 0 bridgehead atoms. The summed E-state index contributed by atoms with van der Waals surface area (Å²) in [4.78, 5) is 25.0. The highest BCUT2D eigenvalue weighted by Gasteiger charge is 2.56. The van der Waals surface area contributed by atoms with Crippen LogP contribution in [0.5, 0.6) is 0 Å². The Labute approximate surface area is 334 Å². The summed E-state index contributed by atoms with van der Waals surface area (Å²) in [7, 11) is 0. The molecular weight excluding hydrogens is 779 g/mol. The van der Waals surface area contributed by atoms with E-state index in [1.807, 2.05) is 66.7 Å². The molecule has 8 rings (SSSR count). The van der Waals surface area contributed by atoms with Crippen molar-refractivity contribution in [2.24, 2.45) is 23.0 Å². The zero-order valence-electron chi connectivity index (χ0n) is 28.5. The number of amides is 2. The summed E-state index contributed by atoms with van der Waals surface area (Å²) in [5, 5.41) is 10.1. The van der Waals surface area contributed by atoms with Crippen molar-refractivity contribution in [3.8, 4) is 0 Å². The van der Waals surface area contributed by atoms with Gasteiger partial charge in [-0.25, -0.2) is 0 Å². The van der Waals surface area contributed by atoms with Crippen LogP contribution in [0.15, 0.2) is 84.9 Å². The normalized spacial score (nSPS) is 30.8. The van der Waals surface area contributed by atoms with E-state index >= 15 is 0 Å². The quantitative estimate of drug-likeness (QED) is 0.192. The molecule has 4 aromatic carbocycles. The van der Waals surface area contributed by atoms with Crippen molar-refractivity contribution >= 4 is 81.4 Å². The van der Waals surface area contributed by atoms with Gasteiger partial charge in [0, 0.05) is 49.1 Å². The highest BCUT2D eigenvalue weighted by atomic mass is 35.5. The second-order valence-corrected chi connectivity index (χ2v) is 17.4. The van der Waals surface area contributed by atoms with Crippen molar-refractivity contribution in [2.45, 2.75) is 61.8 Å². The van der Waals surface area contributed by atoms with Crippen LogP contribution in [0.3, 0.4) is 0 Å². The van der Waals surface area contributed by atoms with Gasteiger partial charge in [-0.1, -0.05) is 113 Å². The standard InChI is InChI=1S/C21H20Cl3NO.C20H19Cl3N2O/c1-21-9-8-16(15-7-6-14(23)10-18(15)24)19(17(21)11-25-20(21)26)12-2-4-13(22)5-3-12;21-12-3-1-11(2-4-12)18-15(14-6-5-13(22)9-17(14)23)7-8-20(24)16(18)10-25-19(20)26/h2-7,10,16-17,19H,8-9,11H2,1H3,(H,25,26);1-6,9,15-16,18H,7-8,10,24H2,(H,25,26)/t16-,17-,19-,21+;15-,16-,18-,20-/m00/s1. The summed E-state index contributed by atoms with van der Waals surface area (Å²) < 4.78 is 0. The minimum atomic E-state index is -0.834. The first-order chi connectivity index (χ1) is 24.8. The number of hydrogen-bond acceptors (Lipinski definition) is 3. The molecule has 4 aliphatic rings. The molecule has 272 valence electrons. The summed E-state index contributed by atoms with van der Waals surface area (Å²) in [6.07, 6.45) is 3.19. The highest BCUT2D eigenvalue weighted by Crippen LogP contribution is 2.58. The summed E-state index contributed by atoms with van der Waals surface area (Å²) >= 11 is 37.5. The lowest BCUT2D eigenvalue weighted by atomic mass is 9.57. The molecule has 11 heteroatoms. The van der Waals surface area contributed by atoms with E-state index in [-0.39, 0.29) is 52.7 Å². The molecule has 0 aromatic heterocycles. The average Bonchev–Trinajstić information content (AvgIpc) is 3.59. The third kappa shape index (κ3) is 6.96. The number of carbonyl (C=O) groups excluding carboxylic acids is 2. The fraction of sp³-hybridized carbons (Fsp3) is 0.366. The second kappa shape index (κ2) is 15.0. The largest absolute Gasteiger partial charge is 0.355 e. The van der Waals surface area contributed by atoms with Gasteiger partial charge < -0.3 is 16.4 Å². The predicted octanol–water partition coefficient (Wildman–Crippen LogP) is 10.8. The van der Waals surface area contributed by atoms with Crippen molar-refractivity contribution in [2.75, 3.05) is 13.1 Å². The van der Waals surface area contributed by atoms with Gasteiger partial charge in [0.15, 0.2) is 0 Å². The molecule has 4 fully saturated rings. The lowest BCUT2D eigenvalue weighted by Gasteiger charge is -2.45. The third-order valence-corrected chi connectivity index (χ3v) is 13.8. The molecule has 52 heavy (non-hydrogen) atoms. The topological polar surface area (TPSA) is 84.2 Å². The fourth-order valence-corrected chi connectivity index (χ4v) is 10.8. The van der Waals surface area contributed by atoms with E-state index in [0.717, 1.165) is 36.0 Å². The molecule has 2 heterocycles. The molecule has 2 amide bonds. The Balaban J connectivity index is 0.000000162. The number of carbonyl (C=O) groups is 2. The summed E-state index contributed by atoms with van der Waals surface area (Å²) in [5.41, 5.74) is 9.90. The van der Waals surface area contributed by atoms with Gasteiger partial charge in [0.2, 0.25) is 11.8 Å². The van der Waals surface area contributed by atoms with E-state index in [4.69, 9.17) is 75.3 Å². The molecule has 8 atom stereocenters. The zero-order valence-corrected chi connectivity index (χ0v) is 33.0. The number of hydrogen-bond donors (Lipinski definition) is 3. The van der Waals surface area contributed by atoms with Crippen molar-refractivity contribution < 1.29 is 9.59 Å². The minimum Gasteiger partial charge on any atom is -0.355 e. The molecule has 2 aliphatic carbocycles. The summed E-state index contributed by atoms with van der Waals surface area (Å²) in [6.45, 7) is 3.37. The van der Waals surface area contributed by atoms with Crippen LogP contribution < -0.4 is 16.4 Å². The first kappa shape index (κ1) is 37.8. The van der Waals surface area contributed by atoms with Crippen molar-refractivity contribution in [3.63, 3.8) is 0 Å². The minimum absolute atomic E-state index is 0.00155. The van der Waals surface area contributed by atoms with Crippen molar-refractivity contribution in [1.29, 1.82) is 0 Å². The van der Waals surface area contributed by atoms with Gasteiger partial charge >= 0.3 is 0 Å². The van der Waals surface area contributed by atoms with Gasteiger partial charge in [-0.15, -0.1) is 0 Å². The van der Waals surface area contributed by atoms with Gasteiger partial charge in [0.1, 0.15) is 5.54 Å². The second-order valence-electron chi connectivity index (χ2n) is 14.9. The van der Waals surface area contributed by atoms with Gasteiger partial charge in [-0.3, -0.25) is 9.59 Å². The molecule has 5 nitrogen and oxygen atoms in total. The van der Waals surface area contributed by atoms with Crippen molar-refractivity contribution in [1.82, 2.24) is 10.6 Å². The molecule has 2 saturated carbocycles. The van der Waals surface area contributed by atoms with Gasteiger partial charge in [0.25, 0.3) is 0 Å². The molecule has 2 saturated heterocycles. The summed E-state index contributed by atoms with van der Waals surface area (Å²) in [5.74, 6) is 1.02. The Morgan fingerprint density at radius 1 is 0.577 bits per heavy atom. The number of rotatable bonds is 4. The maximum absolute atomic E-state index is 12.5. The zero-order chi connectivity index (χ0) is 36.9. The van der Waals surface area contributed by atoms with Crippen LogP contribution in [0.1, 0.15) is 78.5 Å². The predicted molar refractivity (Wildman–Crippen MR) is 213 cm³/mol. The van der Waals surface area contributed by atoms with Gasteiger partial charge in [-0.2, -0.15) is 0 Å². The Morgan fingerprint density at radius 2 is 1.00 bits per heavy atom. The number of fused-ring (bicyclic) bond motifs is 2. The van der Waals surface area contributed by atoms with Crippen molar-refractivity contribution in [3.05, 3.63) is 137 Å². The monoisotopic (exact) mass is 815 g/mol. The van der Waals surface area contributed by atoms with Crippen LogP contribution in [-0.2, 0) is 9.59 Å². The molecular formula is C41H39Cl6N3O2. The lowest BCUT2D eigenvalue weighted by molar-refractivity contribution is -0.130. The van der Waals surface area contributed by atoms with Crippen LogP contribution in [0.2, 0.25) is 30.1 Å². The Morgan fingerprint density at radius 3 is 1.50 bits per heavy atom. The number of nitrogens with two attached hydrogens (primary N) is 1. The maximum atomic E-state index is 12.5. The number of nitrogens with one attached hydrogen (secondary N) is 2. The Hall–Kier alpha value is -2.48. The molecule has 4 aromatic rings. The van der Waals surface area contributed by atoms with E-state index < -0.39 is 5.54 Å². The SMILES string of the molecule is C[C@@]12CC[C@@H](c3ccc(Cl)cc3Cl)[C@H](c3ccc(Cl)cc3)[C@@H]1CNC2=O.N[C@@]12CC[C@@H](c3ccc(Cl)cc3Cl)[C@H](c3ccc(Cl)cc3)[C@@H]1CNC2=O. The van der Waals surface area contributed by atoms with E-state index in [0.29, 0.717) is 49.6 Å². The highest BCUT2D eigenvalue weighted by molar-refractivity contribution is 6.35. The average molecular weight is 819 g/mol. The molecule has 0 radical (unpaired) electrons. The molecule has 2 aliphatic heterocycles. The smallest absolute Gasteiger partial charge is 0.240 e. The first-order valence-electron chi connectivity index (χ1n) is 17.6. The molecule has 0 unspecified atom stereocenters. The van der Waals surface area contributed by atoms with Gasteiger partial charge in [-0.05, 0) is 126 Å². The van der Waals surface area contributed by atoms with E-state index in [1.165, 1.54) is 5.56 Å². The summed E-state index contributed by atoms with van der Waals surface area (Å²) in [6, 6.07) is 27.2.